The fourth-order valence-electron chi connectivity index (χ4n) is 1.94. The van der Waals surface area contributed by atoms with Gasteiger partial charge in [0.2, 0.25) is 0 Å². The van der Waals surface area contributed by atoms with Crippen molar-refractivity contribution in [1.82, 2.24) is 5.43 Å². The Morgan fingerprint density at radius 1 is 1.17 bits per heavy atom. The minimum Gasteiger partial charge on any atom is -0.379 e. The predicted molar refractivity (Wildman–Crippen MR) is 62.0 cm³/mol. The van der Waals surface area contributed by atoms with Crippen molar-refractivity contribution in [3.63, 3.8) is 0 Å². The minimum absolute atomic E-state index is 0.0172. The molecule has 0 saturated heterocycles. The van der Waals surface area contributed by atoms with Gasteiger partial charge in [-0.2, -0.15) is 0 Å². The van der Waals surface area contributed by atoms with Gasteiger partial charge in [-0.05, 0) is 12.0 Å². The molecule has 102 valence electrons. The van der Waals surface area contributed by atoms with E-state index in [4.69, 9.17) is 10.6 Å². The smallest absolute Gasteiger partial charge is 0.194 e. The first kappa shape index (κ1) is 14.9. The van der Waals surface area contributed by atoms with E-state index in [1.165, 1.54) is 7.11 Å². The molecule has 1 rings (SSSR count). The van der Waals surface area contributed by atoms with Crippen LogP contribution in [0, 0.1) is 23.4 Å². The molecule has 0 aliphatic heterocycles. The van der Waals surface area contributed by atoms with E-state index in [-0.39, 0.29) is 11.5 Å². The molecule has 2 atom stereocenters. The second-order valence-corrected chi connectivity index (χ2v) is 4.35. The number of halogens is 3. The van der Waals surface area contributed by atoms with Crippen molar-refractivity contribution < 1.29 is 17.9 Å². The summed E-state index contributed by atoms with van der Waals surface area (Å²) in [6.45, 7) is 3.71. The van der Waals surface area contributed by atoms with Gasteiger partial charge in [0, 0.05) is 12.7 Å². The Morgan fingerprint density at radius 2 is 1.78 bits per heavy atom. The third-order valence-corrected chi connectivity index (χ3v) is 2.84. The number of nitrogens with one attached hydrogen (secondary N) is 1. The van der Waals surface area contributed by atoms with Crippen molar-refractivity contribution in [2.24, 2.45) is 11.8 Å². The Hall–Kier alpha value is -1.11. The van der Waals surface area contributed by atoms with Crippen LogP contribution in [0.4, 0.5) is 13.2 Å². The standard InChI is InChI=1S/C12H17F3N2O/c1-6(2)12(18-3)11(17-16)7-4-5-8(13)10(15)9(7)14/h4-6,11-12,17H,16H2,1-3H3. The minimum atomic E-state index is -1.51. The Bertz CT molecular complexity index is 413. The van der Waals surface area contributed by atoms with E-state index in [9.17, 15) is 13.2 Å². The maximum absolute atomic E-state index is 13.7. The fourth-order valence-corrected chi connectivity index (χ4v) is 1.94. The molecule has 1 aromatic rings. The number of ether oxygens (including phenoxy) is 1. The van der Waals surface area contributed by atoms with Crippen LogP contribution in [-0.2, 0) is 4.74 Å². The molecule has 0 saturated carbocycles. The lowest BCUT2D eigenvalue weighted by Gasteiger charge is -2.29. The zero-order valence-electron chi connectivity index (χ0n) is 10.5. The van der Waals surface area contributed by atoms with E-state index < -0.39 is 29.6 Å². The van der Waals surface area contributed by atoms with E-state index in [0.717, 1.165) is 12.1 Å². The Morgan fingerprint density at radius 3 is 2.22 bits per heavy atom. The van der Waals surface area contributed by atoms with Crippen LogP contribution in [0.5, 0.6) is 0 Å². The van der Waals surface area contributed by atoms with Crippen LogP contribution >= 0.6 is 0 Å². The number of methoxy groups -OCH3 is 1. The molecule has 2 unspecified atom stereocenters. The van der Waals surface area contributed by atoms with Gasteiger partial charge < -0.3 is 4.74 Å². The van der Waals surface area contributed by atoms with Crippen LogP contribution in [0.3, 0.4) is 0 Å². The van der Waals surface area contributed by atoms with Gasteiger partial charge in [0.1, 0.15) is 0 Å². The van der Waals surface area contributed by atoms with Crippen molar-refractivity contribution in [3.8, 4) is 0 Å². The summed E-state index contributed by atoms with van der Waals surface area (Å²) in [6.07, 6.45) is -0.464. The van der Waals surface area contributed by atoms with E-state index >= 15 is 0 Å². The number of hydrogen-bond donors (Lipinski definition) is 2. The molecular weight excluding hydrogens is 245 g/mol. The molecule has 0 amide bonds. The second-order valence-electron chi connectivity index (χ2n) is 4.35. The average Bonchev–Trinajstić information content (AvgIpc) is 2.33. The number of hydrazine groups is 1. The topological polar surface area (TPSA) is 47.3 Å². The quantitative estimate of drug-likeness (QED) is 0.486. The van der Waals surface area contributed by atoms with Gasteiger partial charge in [0.25, 0.3) is 0 Å². The largest absolute Gasteiger partial charge is 0.379 e. The van der Waals surface area contributed by atoms with E-state index in [0.29, 0.717) is 0 Å². The van der Waals surface area contributed by atoms with E-state index in [2.05, 4.69) is 5.43 Å². The van der Waals surface area contributed by atoms with Crippen LogP contribution in [-0.4, -0.2) is 13.2 Å². The first-order valence-electron chi connectivity index (χ1n) is 5.56. The first-order chi connectivity index (χ1) is 8.43. The number of hydrogen-bond acceptors (Lipinski definition) is 3. The summed E-state index contributed by atoms with van der Waals surface area (Å²) in [6, 6.07) is 1.27. The molecule has 3 nitrogen and oxygen atoms in total. The van der Waals surface area contributed by atoms with Gasteiger partial charge >= 0.3 is 0 Å². The molecule has 0 fully saturated rings. The highest BCUT2D eigenvalue weighted by molar-refractivity contribution is 5.24. The highest BCUT2D eigenvalue weighted by Crippen LogP contribution is 2.27. The zero-order chi connectivity index (χ0) is 13.9. The number of nitrogens with two attached hydrogens (primary N) is 1. The molecule has 0 aliphatic rings. The summed E-state index contributed by atoms with van der Waals surface area (Å²) in [7, 11) is 1.45. The first-order valence-corrected chi connectivity index (χ1v) is 5.56. The fraction of sp³-hybridized carbons (Fsp3) is 0.500. The van der Waals surface area contributed by atoms with Gasteiger partial charge in [0.15, 0.2) is 17.5 Å². The maximum atomic E-state index is 13.7. The van der Waals surface area contributed by atoms with Crippen LogP contribution < -0.4 is 11.3 Å². The Balaban J connectivity index is 3.20. The average molecular weight is 262 g/mol. The van der Waals surface area contributed by atoms with Gasteiger partial charge in [0.05, 0.1) is 12.1 Å². The van der Waals surface area contributed by atoms with E-state index in [1.807, 2.05) is 13.8 Å². The highest BCUT2D eigenvalue weighted by Gasteiger charge is 2.29. The van der Waals surface area contributed by atoms with Crippen molar-refractivity contribution in [1.29, 1.82) is 0 Å². The Labute approximate surface area is 104 Å². The normalized spacial score (nSPS) is 14.9. The molecule has 0 radical (unpaired) electrons. The molecule has 0 bridgehead atoms. The predicted octanol–water partition coefficient (Wildman–Crippen LogP) is 2.28. The third-order valence-electron chi connectivity index (χ3n) is 2.84. The van der Waals surface area contributed by atoms with Gasteiger partial charge in [-0.15, -0.1) is 0 Å². The highest BCUT2D eigenvalue weighted by atomic mass is 19.2. The van der Waals surface area contributed by atoms with E-state index in [1.54, 1.807) is 0 Å². The molecule has 0 aliphatic carbocycles. The van der Waals surface area contributed by atoms with Crippen LogP contribution in [0.1, 0.15) is 25.5 Å². The molecule has 1 aromatic carbocycles. The second kappa shape index (κ2) is 6.17. The number of rotatable bonds is 5. The van der Waals surface area contributed by atoms with Gasteiger partial charge in [-0.25, -0.2) is 13.2 Å². The molecule has 0 heterocycles. The molecular formula is C12H17F3N2O. The van der Waals surface area contributed by atoms with Crippen molar-refractivity contribution in [2.75, 3.05) is 7.11 Å². The van der Waals surface area contributed by atoms with Gasteiger partial charge in [-0.3, -0.25) is 11.3 Å². The third kappa shape index (κ3) is 2.82. The number of benzene rings is 1. The molecule has 0 aromatic heterocycles. The molecule has 3 N–H and O–H groups in total. The van der Waals surface area contributed by atoms with Crippen molar-refractivity contribution in [2.45, 2.75) is 26.0 Å². The maximum Gasteiger partial charge on any atom is 0.194 e. The molecule has 18 heavy (non-hydrogen) atoms. The summed E-state index contributed by atoms with van der Waals surface area (Å²) in [5.41, 5.74) is 2.33. The summed E-state index contributed by atoms with van der Waals surface area (Å²) in [5.74, 6) is 1.39. The lowest BCUT2D eigenvalue weighted by molar-refractivity contribution is 0.0314. The summed E-state index contributed by atoms with van der Waals surface area (Å²) in [5, 5.41) is 0. The molecule has 6 heteroatoms. The summed E-state index contributed by atoms with van der Waals surface area (Å²) >= 11 is 0. The lowest BCUT2D eigenvalue weighted by Crippen LogP contribution is -2.40. The van der Waals surface area contributed by atoms with Crippen molar-refractivity contribution >= 4 is 0 Å². The van der Waals surface area contributed by atoms with Crippen LogP contribution in [0.15, 0.2) is 12.1 Å². The zero-order valence-corrected chi connectivity index (χ0v) is 10.5. The Kier molecular flexibility index (Phi) is 5.13. The summed E-state index contributed by atoms with van der Waals surface area (Å²) in [4.78, 5) is 0. The molecule has 0 spiro atoms. The lowest BCUT2D eigenvalue weighted by atomic mass is 9.93. The van der Waals surface area contributed by atoms with Crippen LogP contribution in [0.2, 0.25) is 0 Å². The SMILES string of the molecule is COC(C(C)C)C(NN)c1ccc(F)c(F)c1F. The van der Waals surface area contributed by atoms with Gasteiger partial charge in [-0.1, -0.05) is 19.9 Å². The monoisotopic (exact) mass is 262 g/mol. The summed E-state index contributed by atoms with van der Waals surface area (Å²) < 4.78 is 45.0. The van der Waals surface area contributed by atoms with Crippen LogP contribution in [0.25, 0.3) is 0 Å². The van der Waals surface area contributed by atoms with Crippen molar-refractivity contribution in [3.05, 3.63) is 35.1 Å².